The maximum absolute atomic E-state index is 12.6. The fourth-order valence-electron chi connectivity index (χ4n) is 3.55. The second kappa shape index (κ2) is 7.44. The number of aromatic amines is 1. The molecule has 1 amide bonds. The Morgan fingerprint density at radius 1 is 1.03 bits per heavy atom. The van der Waals surface area contributed by atoms with Gasteiger partial charge in [-0.25, -0.2) is 4.98 Å². The first kappa shape index (κ1) is 19.3. The van der Waals surface area contributed by atoms with Crippen molar-refractivity contribution in [2.45, 2.75) is 20.8 Å². The molecular formula is C23H21N5O2. The average molecular weight is 399 g/mol. The lowest BCUT2D eigenvalue weighted by atomic mass is 10.1. The molecule has 0 atom stereocenters. The molecule has 7 heteroatoms. The van der Waals surface area contributed by atoms with Crippen LogP contribution in [0.1, 0.15) is 27.3 Å². The molecule has 7 nitrogen and oxygen atoms in total. The highest BCUT2D eigenvalue weighted by molar-refractivity contribution is 5.97. The zero-order chi connectivity index (χ0) is 21.4. The summed E-state index contributed by atoms with van der Waals surface area (Å²) in [4.78, 5) is 36.0. The number of primary amides is 1. The number of nitrogens with zero attached hydrogens (tertiary/aromatic N) is 2. The minimum absolute atomic E-state index is 0.238. The summed E-state index contributed by atoms with van der Waals surface area (Å²) in [7, 11) is 0. The lowest BCUT2D eigenvalue weighted by Gasteiger charge is -2.13. The van der Waals surface area contributed by atoms with E-state index in [1.54, 1.807) is 31.3 Å². The second-order valence-corrected chi connectivity index (χ2v) is 7.23. The summed E-state index contributed by atoms with van der Waals surface area (Å²) in [6, 6.07) is 12.8. The van der Waals surface area contributed by atoms with Gasteiger partial charge in [0.25, 0.3) is 5.56 Å². The van der Waals surface area contributed by atoms with Crippen molar-refractivity contribution in [1.82, 2.24) is 15.0 Å². The number of carbonyl (C=O) groups is 1. The van der Waals surface area contributed by atoms with Gasteiger partial charge in [-0.15, -0.1) is 0 Å². The van der Waals surface area contributed by atoms with Crippen LogP contribution < -0.4 is 16.6 Å². The summed E-state index contributed by atoms with van der Waals surface area (Å²) in [5, 5.41) is 4.45. The number of carbonyl (C=O) groups excluding carboxylic acids is 1. The van der Waals surface area contributed by atoms with Crippen LogP contribution >= 0.6 is 0 Å². The van der Waals surface area contributed by atoms with Crippen molar-refractivity contribution in [2.75, 3.05) is 5.32 Å². The molecule has 0 aliphatic carbocycles. The molecule has 0 fully saturated rings. The minimum atomic E-state index is -0.483. The number of pyridine rings is 3. The van der Waals surface area contributed by atoms with Gasteiger partial charge in [0.2, 0.25) is 5.91 Å². The minimum Gasteiger partial charge on any atom is -0.366 e. The number of amides is 1. The van der Waals surface area contributed by atoms with Gasteiger partial charge >= 0.3 is 0 Å². The molecule has 0 aliphatic heterocycles. The number of aryl methyl sites for hydroxylation is 3. The van der Waals surface area contributed by atoms with E-state index >= 15 is 0 Å². The van der Waals surface area contributed by atoms with Crippen LogP contribution in [-0.4, -0.2) is 20.9 Å². The van der Waals surface area contributed by atoms with Crippen LogP contribution in [0.2, 0.25) is 0 Å². The largest absolute Gasteiger partial charge is 0.366 e. The fraction of sp³-hybridized carbons (Fsp3) is 0.130. The number of nitrogens with one attached hydrogen (secondary N) is 2. The van der Waals surface area contributed by atoms with Gasteiger partial charge in [0.1, 0.15) is 5.82 Å². The molecule has 0 saturated carbocycles. The number of anilines is 2. The molecular weight excluding hydrogens is 378 g/mol. The zero-order valence-electron chi connectivity index (χ0n) is 16.9. The number of fused-ring (bicyclic) bond motifs is 1. The molecule has 4 aromatic rings. The Kier molecular flexibility index (Phi) is 4.79. The maximum Gasteiger partial charge on any atom is 0.259 e. The Labute approximate surface area is 173 Å². The van der Waals surface area contributed by atoms with Crippen LogP contribution in [0.4, 0.5) is 11.5 Å². The Hall–Kier alpha value is -4.00. The van der Waals surface area contributed by atoms with Crippen LogP contribution in [0, 0.1) is 20.8 Å². The van der Waals surface area contributed by atoms with E-state index in [4.69, 9.17) is 10.7 Å². The van der Waals surface area contributed by atoms with Crippen molar-refractivity contribution in [3.05, 3.63) is 81.5 Å². The Morgan fingerprint density at radius 2 is 1.83 bits per heavy atom. The molecule has 4 rings (SSSR count). The van der Waals surface area contributed by atoms with E-state index in [1.165, 1.54) is 0 Å². The third kappa shape index (κ3) is 3.53. The van der Waals surface area contributed by atoms with Gasteiger partial charge in [0.05, 0.1) is 11.1 Å². The molecule has 0 spiro atoms. The van der Waals surface area contributed by atoms with E-state index in [2.05, 4.69) is 15.3 Å². The molecule has 4 N–H and O–H groups in total. The number of nitrogens with two attached hydrogens (primary N) is 1. The number of aromatic nitrogens is 3. The van der Waals surface area contributed by atoms with Gasteiger partial charge in [-0.1, -0.05) is 0 Å². The Balaban J connectivity index is 1.89. The quantitative estimate of drug-likeness (QED) is 0.484. The number of benzene rings is 1. The Morgan fingerprint density at radius 3 is 2.53 bits per heavy atom. The number of H-pyrrole nitrogens is 1. The highest BCUT2D eigenvalue weighted by Crippen LogP contribution is 2.29. The number of rotatable bonds is 4. The molecule has 0 saturated heterocycles. The van der Waals surface area contributed by atoms with E-state index in [-0.39, 0.29) is 5.56 Å². The smallest absolute Gasteiger partial charge is 0.259 e. The normalized spacial score (nSPS) is 10.9. The van der Waals surface area contributed by atoms with Crippen LogP contribution in [0.3, 0.4) is 0 Å². The van der Waals surface area contributed by atoms with E-state index < -0.39 is 5.91 Å². The van der Waals surface area contributed by atoms with Gasteiger partial charge in [0.15, 0.2) is 0 Å². The van der Waals surface area contributed by atoms with Crippen molar-refractivity contribution in [3.8, 4) is 11.3 Å². The first-order valence-corrected chi connectivity index (χ1v) is 9.48. The van der Waals surface area contributed by atoms with Gasteiger partial charge in [-0.05, 0) is 74.2 Å². The number of hydrogen-bond donors (Lipinski definition) is 3. The molecule has 1 aromatic carbocycles. The second-order valence-electron chi connectivity index (χ2n) is 7.23. The van der Waals surface area contributed by atoms with Gasteiger partial charge in [-0.3, -0.25) is 14.6 Å². The topological polar surface area (TPSA) is 114 Å². The van der Waals surface area contributed by atoms with Crippen LogP contribution in [0.25, 0.3) is 22.0 Å². The first-order chi connectivity index (χ1) is 14.3. The highest BCUT2D eigenvalue weighted by Gasteiger charge is 2.14. The van der Waals surface area contributed by atoms with Crippen molar-refractivity contribution in [1.29, 1.82) is 0 Å². The lowest BCUT2D eigenvalue weighted by Crippen LogP contribution is -2.13. The average Bonchev–Trinajstić information content (AvgIpc) is 2.67. The monoisotopic (exact) mass is 399 g/mol. The summed E-state index contributed by atoms with van der Waals surface area (Å²) >= 11 is 0. The van der Waals surface area contributed by atoms with Crippen LogP contribution in [-0.2, 0) is 0 Å². The molecule has 150 valence electrons. The predicted octanol–water partition coefficient (Wildman–Crippen LogP) is 3.75. The van der Waals surface area contributed by atoms with E-state index in [9.17, 15) is 9.59 Å². The SMILES string of the molecule is Cc1ccc(-c2cc3cc[nH]c(=O)c3c(Nc3ccc(C(N)=O)c(C)c3)n2)c(C)n1. The van der Waals surface area contributed by atoms with E-state index in [1.807, 2.05) is 38.1 Å². The number of hydrogen-bond acceptors (Lipinski definition) is 5. The van der Waals surface area contributed by atoms with Crippen LogP contribution in [0.5, 0.6) is 0 Å². The molecule has 0 radical (unpaired) electrons. The van der Waals surface area contributed by atoms with E-state index in [0.29, 0.717) is 28.1 Å². The van der Waals surface area contributed by atoms with Crippen molar-refractivity contribution in [3.63, 3.8) is 0 Å². The summed E-state index contributed by atoms with van der Waals surface area (Å²) in [5.74, 6) is -0.0565. The fourth-order valence-corrected chi connectivity index (χ4v) is 3.55. The van der Waals surface area contributed by atoms with Gasteiger partial charge in [0, 0.05) is 34.4 Å². The summed E-state index contributed by atoms with van der Waals surface area (Å²) < 4.78 is 0. The Bertz CT molecular complexity index is 1360. The van der Waals surface area contributed by atoms with Gasteiger partial charge in [-0.2, -0.15) is 0 Å². The van der Waals surface area contributed by atoms with E-state index in [0.717, 1.165) is 27.9 Å². The summed E-state index contributed by atoms with van der Waals surface area (Å²) in [6.45, 7) is 5.68. The maximum atomic E-state index is 12.6. The molecule has 3 heterocycles. The predicted molar refractivity (Wildman–Crippen MR) is 118 cm³/mol. The molecule has 3 aromatic heterocycles. The molecule has 30 heavy (non-hydrogen) atoms. The zero-order valence-corrected chi connectivity index (χ0v) is 16.9. The lowest BCUT2D eigenvalue weighted by molar-refractivity contribution is 0.0999. The third-order valence-corrected chi connectivity index (χ3v) is 5.01. The highest BCUT2D eigenvalue weighted by atomic mass is 16.1. The van der Waals surface area contributed by atoms with Crippen molar-refractivity contribution < 1.29 is 4.79 Å². The van der Waals surface area contributed by atoms with Crippen molar-refractivity contribution in [2.24, 2.45) is 5.73 Å². The van der Waals surface area contributed by atoms with Crippen LogP contribution in [0.15, 0.2) is 53.5 Å². The molecule has 0 unspecified atom stereocenters. The van der Waals surface area contributed by atoms with Crippen molar-refractivity contribution >= 4 is 28.2 Å². The summed E-state index contributed by atoms with van der Waals surface area (Å²) in [5.41, 5.74) is 10.4. The van der Waals surface area contributed by atoms with Gasteiger partial charge < -0.3 is 16.0 Å². The standard InChI is InChI=1S/C23H21N5O2/c1-12-10-16(5-7-17(12)21(24)29)27-22-20-15(8-9-25-23(20)30)11-19(28-22)18-6-4-13(2)26-14(18)3/h4-11H,1-3H3,(H2,24,29)(H,25,30)(H,27,28). The summed E-state index contributed by atoms with van der Waals surface area (Å²) in [6.07, 6.45) is 1.62. The molecule has 0 bridgehead atoms. The first-order valence-electron chi connectivity index (χ1n) is 9.48. The third-order valence-electron chi connectivity index (χ3n) is 5.01. The molecule has 0 aliphatic rings.